The predicted molar refractivity (Wildman–Crippen MR) is 79.3 cm³/mol. The van der Waals surface area contributed by atoms with Gasteiger partial charge in [-0.2, -0.15) is 0 Å². The lowest BCUT2D eigenvalue weighted by Crippen LogP contribution is -2.32. The van der Waals surface area contributed by atoms with Gasteiger partial charge in [0.15, 0.2) is 0 Å². The topological polar surface area (TPSA) is 58.2 Å². The van der Waals surface area contributed by atoms with Crippen molar-refractivity contribution >= 4 is 33.2 Å². The molecule has 0 aromatic heterocycles. The Kier molecular flexibility index (Phi) is 6.08. The first-order valence-electron chi connectivity index (χ1n) is 5.96. The molecule has 0 bridgehead atoms. The minimum Gasteiger partial charge on any atom is -0.316 e. The SMILES string of the molecule is CCC(C)NS(=O)(=O)c1cc(Cl)cc(CNC)c1Cl. The average Bonchev–Trinajstić information content (AvgIpc) is 2.32. The van der Waals surface area contributed by atoms with Crippen molar-refractivity contribution in [2.75, 3.05) is 7.05 Å². The quantitative estimate of drug-likeness (QED) is 0.845. The van der Waals surface area contributed by atoms with Gasteiger partial charge in [-0.3, -0.25) is 0 Å². The van der Waals surface area contributed by atoms with Crippen LogP contribution in [0.1, 0.15) is 25.8 Å². The molecule has 0 radical (unpaired) electrons. The van der Waals surface area contributed by atoms with Gasteiger partial charge in [0.25, 0.3) is 0 Å². The van der Waals surface area contributed by atoms with Gasteiger partial charge < -0.3 is 5.32 Å². The molecule has 108 valence electrons. The first kappa shape index (κ1) is 16.7. The smallest absolute Gasteiger partial charge is 0.242 e. The Balaban J connectivity index is 3.26. The molecule has 19 heavy (non-hydrogen) atoms. The molecule has 4 nitrogen and oxygen atoms in total. The maximum Gasteiger partial charge on any atom is 0.242 e. The summed E-state index contributed by atoms with van der Waals surface area (Å²) in [5.74, 6) is 0. The normalized spacial score (nSPS) is 13.5. The van der Waals surface area contributed by atoms with E-state index in [2.05, 4.69) is 10.0 Å². The van der Waals surface area contributed by atoms with Gasteiger partial charge in [0.1, 0.15) is 4.90 Å². The zero-order chi connectivity index (χ0) is 14.6. The molecule has 0 aliphatic heterocycles. The van der Waals surface area contributed by atoms with E-state index in [-0.39, 0.29) is 16.0 Å². The molecular formula is C12H18Cl2N2O2S. The Bertz CT molecular complexity index is 547. The summed E-state index contributed by atoms with van der Waals surface area (Å²) in [5, 5.41) is 3.47. The molecule has 0 saturated carbocycles. The van der Waals surface area contributed by atoms with E-state index < -0.39 is 10.0 Å². The van der Waals surface area contributed by atoms with E-state index >= 15 is 0 Å². The molecular weight excluding hydrogens is 307 g/mol. The molecule has 0 spiro atoms. The minimum atomic E-state index is -3.66. The Morgan fingerprint density at radius 2 is 1.95 bits per heavy atom. The van der Waals surface area contributed by atoms with Crippen molar-refractivity contribution in [3.05, 3.63) is 27.7 Å². The van der Waals surface area contributed by atoms with E-state index in [1.54, 1.807) is 20.0 Å². The molecule has 1 rings (SSSR count). The van der Waals surface area contributed by atoms with Crippen molar-refractivity contribution in [3.63, 3.8) is 0 Å². The van der Waals surface area contributed by atoms with Crippen LogP contribution >= 0.6 is 23.2 Å². The zero-order valence-electron chi connectivity index (χ0n) is 11.1. The van der Waals surface area contributed by atoms with Gasteiger partial charge in [-0.25, -0.2) is 13.1 Å². The third kappa shape index (κ3) is 4.33. The third-order valence-corrected chi connectivity index (χ3v) is 5.10. The molecule has 0 amide bonds. The molecule has 0 saturated heterocycles. The molecule has 1 aromatic rings. The first-order chi connectivity index (χ1) is 8.81. The lowest BCUT2D eigenvalue weighted by atomic mass is 10.2. The molecule has 1 atom stereocenters. The van der Waals surface area contributed by atoms with Crippen LogP contribution in [0.3, 0.4) is 0 Å². The van der Waals surface area contributed by atoms with E-state index in [9.17, 15) is 8.42 Å². The van der Waals surface area contributed by atoms with E-state index in [4.69, 9.17) is 23.2 Å². The Labute approximate surface area is 124 Å². The molecule has 0 aliphatic rings. The van der Waals surface area contributed by atoms with Crippen LogP contribution in [0.2, 0.25) is 10.0 Å². The minimum absolute atomic E-state index is 0.0206. The van der Waals surface area contributed by atoms with E-state index in [0.717, 1.165) is 0 Å². The predicted octanol–water partition coefficient (Wildman–Crippen LogP) is 2.79. The fourth-order valence-electron chi connectivity index (χ4n) is 1.54. The van der Waals surface area contributed by atoms with Crippen molar-refractivity contribution in [2.45, 2.75) is 37.8 Å². The molecule has 2 N–H and O–H groups in total. The van der Waals surface area contributed by atoms with Crippen LogP contribution in [0, 0.1) is 0 Å². The molecule has 0 fully saturated rings. The number of halogens is 2. The second-order valence-electron chi connectivity index (χ2n) is 4.34. The molecule has 1 unspecified atom stereocenters. The van der Waals surface area contributed by atoms with E-state index in [1.165, 1.54) is 6.07 Å². The lowest BCUT2D eigenvalue weighted by molar-refractivity contribution is 0.555. The first-order valence-corrected chi connectivity index (χ1v) is 8.20. The van der Waals surface area contributed by atoms with Gasteiger partial charge >= 0.3 is 0 Å². The zero-order valence-corrected chi connectivity index (χ0v) is 13.5. The summed E-state index contributed by atoms with van der Waals surface area (Å²) in [7, 11) is -1.91. The average molecular weight is 325 g/mol. The highest BCUT2D eigenvalue weighted by Gasteiger charge is 2.22. The summed E-state index contributed by atoms with van der Waals surface area (Å²) in [4.78, 5) is 0.0206. The Morgan fingerprint density at radius 3 is 2.47 bits per heavy atom. The Hall–Kier alpha value is -0.330. The van der Waals surface area contributed by atoms with Crippen LogP contribution in [0.5, 0.6) is 0 Å². The summed E-state index contributed by atoms with van der Waals surface area (Å²) in [6, 6.07) is 2.86. The van der Waals surface area contributed by atoms with Gasteiger partial charge in [0.05, 0.1) is 5.02 Å². The van der Waals surface area contributed by atoms with Crippen molar-refractivity contribution in [2.24, 2.45) is 0 Å². The summed E-state index contributed by atoms with van der Waals surface area (Å²) in [6.45, 7) is 4.15. The summed E-state index contributed by atoms with van der Waals surface area (Å²) in [6.07, 6.45) is 0.695. The van der Waals surface area contributed by atoms with Gasteiger partial charge in [-0.05, 0) is 38.1 Å². The van der Waals surface area contributed by atoms with Gasteiger partial charge in [-0.15, -0.1) is 0 Å². The van der Waals surface area contributed by atoms with Crippen molar-refractivity contribution in [3.8, 4) is 0 Å². The molecule has 1 aromatic carbocycles. The van der Waals surface area contributed by atoms with Crippen molar-refractivity contribution in [1.82, 2.24) is 10.0 Å². The maximum atomic E-state index is 12.3. The van der Waals surface area contributed by atoms with E-state index in [1.807, 2.05) is 6.92 Å². The maximum absolute atomic E-state index is 12.3. The summed E-state index contributed by atoms with van der Waals surface area (Å²) < 4.78 is 27.1. The number of rotatable bonds is 6. The molecule has 0 heterocycles. The van der Waals surface area contributed by atoms with Crippen molar-refractivity contribution in [1.29, 1.82) is 0 Å². The fourth-order valence-corrected chi connectivity index (χ4v) is 3.80. The van der Waals surface area contributed by atoms with Gasteiger partial charge in [0.2, 0.25) is 10.0 Å². The van der Waals surface area contributed by atoms with Crippen LogP contribution in [0.4, 0.5) is 0 Å². The van der Waals surface area contributed by atoms with Crippen LogP contribution in [-0.2, 0) is 16.6 Å². The molecule has 7 heteroatoms. The number of hydrogen-bond acceptors (Lipinski definition) is 3. The van der Waals surface area contributed by atoms with Crippen LogP contribution in [-0.4, -0.2) is 21.5 Å². The summed E-state index contributed by atoms with van der Waals surface area (Å²) >= 11 is 12.1. The number of sulfonamides is 1. The number of hydrogen-bond donors (Lipinski definition) is 2. The van der Waals surface area contributed by atoms with Crippen LogP contribution in [0.15, 0.2) is 17.0 Å². The largest absolute Gasteiger partial charge is 0.316 e. The number of benzene rings is 1. The number of nitrogens with one attached hydrogen (secondary N) is 2. The van der Waals surface area contributed by atoms with Crippen LogP contribution in [0.25, 0.3) is 0 Å². The van der Waals surface area contributed by atoms with E-state index in [0.29, 0.717) is 23.6 Å². The second kappa shape index (κ2) is 6.90. The molecule has 0 aliphatic carbocycles. The summed E-state index contributed by atoms with van der Waals surface area (Å²) in [5.41, 5.74) is 0.654. The highest BCUT2D eigenvalue weighted by molar-refractivity contribution is 7.89. The van der Waals surface area contributed by atoms with Gasteiger partial charge in [0, 0.05) is 17.6 Å². The highest BCUT2D eigenvalue weighted by atomic mass is 35.5. The highest BCUT2D eigenvalue weighted by Crippen LogP contribution is 2.29. The Morgan fingerprint density at radius 1 is 1.32 bits per heavy atom. The van der Waals surface area contributed by atoms with Crippen LogP contribution < -0.4 is 10.0 Å². The fraction of sp³-hybridized carbons (Fsp3) is 0.500. The standard InChI is InChI=1S/C12H18Cl2N2O2S/c1-4-8(2)16-19(17,18)11-6-10(13)5-9(7-15-3)12(11)14/h5-6,8,15-16H,4,7H2,1-3H3. The van der Waals surface area contributed by atoms with Gasteiger partial charge in [-0.1, -0.05) is 30.1 Å². The third-order valence-electron chi connectivity index (χ3n) is 2.70. The second-order valence-corrected chi connectivity index (χ2v) is 6.83. The lowest BCUT2D eigenvalue weighted by Gasteiger charge is -2.15. The van der Waals surface area contributed by atoms with Crippen molar-refractivity contribution < 1.29 is 8.42 Å². The monoisotopic (exact) mass is 324 g/mol.